The Kier molecular flexibility index (Phi) is 5.14. The van der Waals surface area contributed by atoms with Crippen LogP contribution < -0.4 is 5.32 Å². The first-order valence-corrected chi connectivity index (χ1v) is 8.33. The van der Waals surface area contributed by atoms with Crippen LogP contribution in [0, 0.1) is 6.92 Å². The highest BCUT2D eigenvalue weighted by molar-refractivity contribution is 5.84. The van der Waals surface area contributed by atoms with E-state index in [-0.39, 0.29) is 12.3 Å². The predicted molar refractivity (Wildman–Crippen MR) is 93.2 cm³/mol. The molecular formula is C20H21NO4. The number of ether oxygens (including phenoxy) is 1. The summed E-state index contributed by atoms with van der Waals surface area (Å²) in [5.74, 6) is -1.26. The van der Waals surface area contributed by atoms with Crippen molar-refractivity contribution in [3.05, 3.63) is 70.8 Å². The Balaban J connectivity index is 1.84. The van der Waals surface area contributed by atoms with Crippen molar-refractivity contribution in [3.8, 4) is 0 Å². The van der Waals surface area contributed by atoms with Gasteiger partial charge in [-0.1, -0.05) is 48.5 Å². The molecule has 5 heteroatoms. The molecule has 0 unspecified atom stereocenters. The number of hydrogen-bond acceptors (Lipinski definition) is 3. The predicted octanol–water partition coefficient (Wildman–Crippen LogP) is 2.94. The van der Waals surface area contributed by atoms with Gasteiger partial charge in [0.2, 0.25) is 0 Å². The van der Waals surface area contributed by atoms with E-state index < -0.39 is 18.1 Å². The van der Waals surface area contributed by atoms with Gasteiger partial charge in [0.05, 0.1) is 19.1 Å². The number of aliphatic carboxylic acids is 1. The summed E-state index contributed by atoms with van der Waals surface area (Å²) >= 11 is 0. The van der Waals surface area contributed by atoms with E-state index in [4.69, 9.17) is 4.74 Å². The minimum atomic E-state index is -0.960. The summed E-state index contributed by atoms with van der Waals surface area (Å²) in [7, 11) is 0. The van der Waals surface area contributed by atoms with Crippen LogP contribution in [0.5, 0.6) is 0 Å². The van der Waals surface area contributed by atoms with Crippen molar-refractivity contribution in [3.63, 3.8) is 0 Å². The van der Waals surface area contributed by atoms with Crippen LogP contribution in [0.15, 0.2) is 48.5 Å². The van der Waals surface area contributed by atoms with Crippen molar-refractivity contribution in [2.24, 2.45) is 0 Å². The van der Waals surface area contributed by atoms with Crippen LogP contribution in [0.25, 0.3) is 0 Å². The fourth-order valence-electron chi connectivity index (χ4n) is 3.25. The van der Waals surface area contributed by atoms with Crippen molar-refractivity contribution in [1.82, 2.24) is 5.32 Å². The quantitative estimate of drug-likeness (QED) is 0.878. The average molecular weight is 339 g/mol. The first-order chi connectivity index (χ1) is 12.1. The highest BCUT2D eigenvalue weighted by Crippen LogP contribution is 2.29. The van der Waals surface area contributed by atoms with E-state index in [1.54, 1.807) is 0 Å². The summed E-state index contributed by atoms with van der Waals surface area (Å²) in [6.45, 7) is 2.38. The number of nitrogens with one attached hydrogen (secondary N) is 1. The molecule has 0 bridgehead atoms. The van der Waals surface area contributed by atoms with Gasteiger partial charge in [0.25, 0.3) is 5.91 Å². The van der Waals surface area contributed by atoms with E-state index in [1.807, 2.05) is 55.5 Å². The fourth-order valence-corrected chi connectivity index (χ4v) is 3.25. The third-order valence-electron chi connectivity index (χ3n) is 4.49. The normalized spacial score (nSPS) is 17.4. The molecule has 1 amide bonds. The first-order valence-electron chi connectivity index (χ1n) is 8.33. The molecule has 2 aromatic rings. The van der Waals surface area contributed by atoms with Crippen molar-refractivity contribution >= 4 is 11.9 Å². The Morgan fingerprint density at radius 1 is 1.20 bits per heavy atom. The van der Waals surface area contributed by atoms with E-state index in [0.717, 1.165) is 28.7 Å². The Morgan fingerprint density at radius 2 is 1.92 bits per heavy atom. The summed E-state index contributed by atoms with van der Waals surface area (Å²) in [5.41, 5.74) is 3.70. The van der Waals surface area contributed by atoms with E-state index in [0.29, 0.717) is 6.61 Å². The Morgan fingerprint density at radius 3 is 2.68 bits per heavy atom. The van der Waals surface area contributed by atoms with Crippen LogP contribution >= 0.6 is 0 Å². The number of carboxylic acids is 1. The van der Waals surface area contributed by atoms with Gasteiger partial charge in [-0.25, -0.2) is 0 Å². The first kappa shape index (κ1) is 17.2. The lowest BCUT2D eigenvalue weighted by atomic mass is 9.95. The summed E-state index contributed by atoms with van der Waals surface area (Å²) in [4.78, 5) is 24.1. The van der Waals surface area contributed by atoms with Crippen molar-refractivity contribution in [1.29, 1.82) is 0 Å². The number of benzene rings is 2. The van der Waals surface area contributed by atoms with Crippen LogP contribution in [0.3, 0.4) is 0 Å². The zero-order valence-electron chi connectivity index (χ0n) is 14.1. The van der Waals surface area contributed by atoms with E-state index >= 15 is 0 Å². The number of carbonyl (C=O) groups excluding carboxylic acids is 1. The largest absolute Gasteiger partial charge is 0.481 e. The van der Waals surface area contributed by atoms with Crippen LogP contribution in [0.1, 0.15) is 40.8 Å². The SMILES string of the molecule is Cc1ccccc1[C@@H](CC(=O)O)NC(=O)[C@@H]1OCCc2ccccc21. The standard InChI is InChI=1S/C20H21NO4/c1-13-6-2-4-8-15(13)17(12-18(22)23)21-20(24)19-16-9-5-3-7-14(16)10-11-25-19/h2-9,17,19H,10-12H2,1H3,(H,21,24)(H,22,23)/t17-,19-/m1/s1. The molecule has 130 valence electrons. The average Bonchev–Trinajstić information content (AvgIpc) is 2.60. The molecule has 0 saturated carbocycles. The lowest BCUT2D eigenvalue weighted by Gasteiger charge is -2.27. The molecule has 0 aromatic heterocycles. The highest BCUT2D eigenvalue weighted by Gasteiger charge is 2.30. The van der Waals surface area contributed by atoms with E-state index in [9.17, 15) is 14.7 Å². The molecule has 1 heterocycles. The minimum Gasteiger partial charge on any atom is -0.481 e. The summed E-state index contributed by atoms with van der Waals surface area (Å²) in [5, 5.41) is 12.1. The molecule has 1 aliphatic rings. The number of aryl methyl sites for hydroxylation is 1. The Bertz CT molecular complexity index is 787. The topological polar surface area (TPSA) is 75.6 Å². The van der Waals surface area contributed by atoms with Gasteiger partial charge in [-0.15, -0.1) is 0 Å². The van der Waals surface area contributed by atoms with Gasteiger partial charge in [-0.3, -0.25) is 9.59 Å². The second-order valence-corrected chi connectivity index (χ2v) is 6.22. The third kappa shape index (κ3) is 3.88. The van der Waals surface area contributed by atoms with Crippen LogP contribution in [-0.4, -0.2) is 23.6 Å². The van der Waals surface area contributed by atoms with E-state index in [2.05, 4.69) is 5.32 Å². The Labute approximate surface area is 146 Å². The van der Waals surface area contributed by atoms with Gasteiger partial charge in [0.15, 0.2) is 6.10 Å². The summed E-state index contributed by atoms with van der Waals surface area (Å²) < 4.78 is 5.68. The van der Waals surface area contributed by atoms with Crippen LogP contribution in [0.4, 0.5) is 0 Å². The molecule has 0 spiro atoms. The second kappa shape index (κ2) is 7.49. The zero-order valence-corrected chi connectivity index (χ0v) is 14.1. The number of hydrogen-bond donors (Lipinski definition) is 2. The molecule has 0 saturated heterocycles. The third-order valence-corrected chi connectivity index (χ3v) is 4.49. The molecule has 2 atom stereocenters. The van der Waals surface area contributed by atoms with Gasteiger partial charge in [-0.2, -0.15) is 0 Å². The van der Waals surface area contributed by atoms with Crippen molar-refractivity contribution in [2.75, 3.05) is 6.61 Å². The van der Waals surface area contributed by atoms with Gasteiger partial charge in [-0.05, 0) is 35.6 Å². The maximum atomic E-state index is 12.8. The lowest BCUT2D eigenvalue weighted by Crippen LogP contribution is -2.37. The molecule has 2 aromatic carbocycles. The molecule has 1 aliphatic heterocycles. The zero-order chi connectivity index (χ0) is 17.8. The minimum absolute atomic E-state index is 0.176. The molecule has 0 fully saturated rings. The smallest absolute Gasteiger partial charge is 0.305 e. The lowest BCUT2D eigenvalue weighted by molar-refractivity contribution is -0.139. The van der Waals surface area contributed by atoms with Gasteiger partial charge < -0.3 is 15.2 Å². The number of rotatable bonds is 5. The van der Waals surface area contributed by atoms with E-state index in [1.165, 1.54) is 0 Å². The summed E-state index contributed by atoms with van der Waals surface area (Å²) in [6, 6.07) is 14.6. The van der Waals surface area contributed by atoms with Gasteiger partial charge in [0.1, 0.15) is 0 Å². The van der Waals surface area contributed by atoms with Gasteiger partial charge in [0, 0.05) is 0 Å². The molecule has 25 heavy (non-hydrogen) atoms. The second-order valence-electron chi connectivity index (χ2n) is 6.22. The maximum Gasteiger partial charge on any atom is 0.305 e. The highest BCUT2D eigenvalue weighted by atomic mass is 16.5. The summed E-state index contributed by atoms with van der Waals surface area (Å²) in [6.07, 6.45) is -0.105. The van der Waals surface area contributed by atoms with Gasteiger partial charge >= 0.3 is 5.97 Å². The van der Waals surface area contributed by atoms with Crippen molar-refractivity contribution in [2.45, 2.75) is 31.9 Å². The Hall–Kier alpha value is -2.66. The molecule has 2 N–H and O–H groups in total. The monoisotopic (exact) mass is 339 g/mol. The fraction of sp³-hybridized carbons (Fsp3) is 0.300. The molecular weight excluding hydrogens is 318 g/mol. The molecule has 0 radical (unpaired) electrons. The maximum absolute atomic E-state index is 12.8. The van der Waals surface area contributed by atoms with Crippen LogP contribution in [0.2, 0.25) is 0 Å². The number of carbonyl (C=O) groups is 2. The van der Waals surface area contributed by atoms with Crippen molar-refractivity contribution < 1.29 is 19.4 Å². The molecule has 3 rings (SSSR count). The number of amides is 1. The number of fused-ring (bicyclic) bond motifs is 1. The van der Waals surface area contributed by atoms with Crippen LogP contribution in [-0.2, 0) is 20.7 Å². The molecule has 5 nitrogen and oxygen atoms in total. The number of carboxylic acid groups (broad SMARTS) is 1. The molecule has 0 aliphatic carbocycles.